The summed E-state index contributed by atoms with van der Waals surface area (Å²) in [7, 11) is 5.25. The molecular formula is C38H40N4O5S2. The van der Waals surface area contributed by atoms with Crippen molar-refractivity contribution < 1.29 is 23.9 Å². The van der Waals surface area contributed by atoms with Gasteiger partial charge in [0.05, 0.1) is 17.9 Å². The molecule has 3 aromatic carbocycles. The third-order valence-electron chi connectivity index (χ3n) is 8.08. The Labute approximate surface area is 295 Å². The first-order valence-electron chi connectivity index (χ1n) is 16.1. The predicted molar refractivity (Wildman–Crippen MR) is 199 cm³/mol. The Balaban J connectivity index is 1.32. The molecule has 0 saturated heterocycles. The molecule has 3 amide bonds. The third-order valence-corrected chi connectivity index (χ3v) is 10.6. The molecule has 1 aromatic heterocycles. The molecule has 0 bridgehead atoms. The van der Waals surface area contributed by atoms with Crippen LogP contribution in [0.3, 0.4) is 0 Å². The van der Waals surface area contributed by atoms with E-state index in [9.17, 15) is 19.2 Å². The maximum absolute atomic E-state index is 13.6. The van der Waals surface area contributed by atoms with Gasteiger partial charge in [-0.3, -0.25) is 14.4 Å². The zero-order valence-electron chi connectivity index (χ0n) is 28.0. The van der Waals surface area contributed by atoms with E-state index in [1.54, 1.807) is 48.5 Å². The summed E-state index contributed by atoms with van der Waals surface area (Å²) in [6, 6.07) is 23.6. The number of benzene rings is 3. The minimum absolute atomic E-state index is 0.0791. The highest BCUT2D eigenvalue weighted by Gasteiger charge is 2.28. The van der Waals surface area contributed by atoms with E-state index in [1.165, 1.54) is 30.2 Å². The Hall–Kier alpha value is -4.87. The predicted octanol–water partition coefficient (Wildman–Crippen LogP) is 7.40. The van der Waals surface area contributed by atoms with Crippen LogP contribution in [0.15, 0.2) is 89.5 Å². The number of esters is 1. The molecule has 49 heavy (non-hydrogen) atoms. The van der Waals surface area contributed by atoms with Crippen LogP contribution in [-0.2, 0) is 27.2 Å². The fourth-order valence-corrected chi connectivity index (χ4v) is 7.77. The molecule has 254 valence electrons. The largest absolute Gasteiger partial charge is 0.465 e. The maximum Gasteiger partial charge on any atom is 0.341 e. The fraction of sp³-hybridized carbons (Fsp3) is 0.263. The molecule has 3 N–H and O–H groups in total. The van der Waals surface area contributed by atoms with E-state index in [0.717, 1.165) is 52.3 Å². The van der Waals surface area contributed by atoms with Crippen molar-refractivity contribution in [3.63, 3.8) is 0 Å². The Bertz CT molecular complexity index is 1850. The molecule has 1 atom stereocenters. The number of thioether (sulfide) groups is 1. The normalized spacial score (nSPS) is 13.1. The van der Waals surface area contributed by atoms with Crippen molar-refractivity contribution in [1.29, 1.82) is 0 Å². The molecule has 11 heteroatoms. The van der Waals surface area contributed by atoms with Gasteiger partial charge in [0.15, 0.2) is 0 Å². The van der Waals surface area contributed by atoms with Crippen molar-refractivity contribution >= 4 is 69.2 Å². The summed E-state index contributed by atoms with van der Waals surface area (Å²) in [5.41, 5.74) is 4.21. The van der Waals surface area contributed by atoms with Crippen molar-refractivity contribution in [2.75, 3.05) is 36.7 Å². The summed E-state index contributed by atoms with van der Waals surface area (Å²) in [6.45, 7) is 1.93. The highest BCUT2D eigenvalue weighted by atomic mass is 32.2. The molecule has 0 spiro atoms. The maximum atomic E-state index is 13.6. The lowest BCUT2D eigenvalue weighted by Gasteiger charge is -2.16. The van der Waals surface area contributed by atoms with Gasteiger partial charge >= 0.3 is 5.97 Å². The molecule has 5 rings (SSSR count). The van der Waals surface area contributed by atoms with E-state index in [0.29, 0.717) is 28.2 Å². The van der Waals surface area contributed by atoms with Crippen LogP contribution >= 0.6 is 23.1 Å². The fourth-order valence-electron chi connectivity index (χ4n) is 5.47. The number of carbonyl (C=O) groups is 4. The van der Waals surface area contributed by atoms with Crippen molar-refractivity contribution in [3.05, 3.63) is 112 Å². The van der Waals surface area contributed by atoms with Gasteiger partial charge < -0.3 is 25.6 Å². The SMILES string of the molecule is CCC(Sc1cccc(NC(=O)/C(=C\c2ccc(N(C)C)cc2)NC(=O)c2ccccc2)c1)C(=O)Nc1sc2c(c1C(=O)OC)CCCC2. The van der Waals surface area contributed by atoms with Gasteiger partial charge in [-0.25, -0.2) is 4.79 Å². The molecule has 1 aliphatic rings. The number of methoxy groups -OCH3 is 1. The van der Waals surface area contributed by atoms with Crippen LogP contribution in [0.2, 0.25) is 0 Å². The van der Waals surface area contributed by atoms with Crippen molar-refractivity contribution in [1.82, 2.24) is 5.32 Å². The second kappa shape index (κ2) is 16.5. The second-order valence-electron chi connectivity index (χ2n) is 11.8. The summed E-state index contributed by atoms with van der Waals surface area (Å²) in [4.78, 5) is 56.8. The first kappa shape index (κ1) is 35.4. The highest BCUT2D eigenvalue weighted by molar-refractivity contribution is 8.00. The summed E-state index contributed by atoms with van der Waals surface area (Å²) in [6.07, 6.45) is 5.92. The molecule has 4 aromatic rings. The summed E-state index contributed by atoms with van der Waals surface area (Å²) in [5, 5.41) is 8.79. The average Bonchev–Trinajstić information content (AvgIpc) is 3.48. The molecule has 0 radical (unpaired) electrons. The lowest BCUT2D eigenvalue weighted by atomic mass is 9.95. The van der Waals surface area contributed by atoms with Gasteiger partial charge in [0.25, 0.3) is 11.8 Å². The zero-order chi connectivity index (χ0) is 34.9. The van der Waals surface area contributed by atoms with Crippen LogP contribution in [-0.4, -0.2) is 50.1 Å². The smallest absolute Gasteiger partial charge is 0.341 e. The molecule has 0 fully saturated rings. The molecule has 9 nitrogen and oxygen atoms in total. The number of nitrogens with zero attached hydrogens (tertiary/aromatic N) is 1. The number of carbonyl (C=O) groups excluding carboxylic acids is 4. The Morgan fingerprint density at radius 2 is 1.67 bits per heavy atom. The van der Waals surface area contributed by atoms with Gasteiger partial charge in [-0.1, -0.05) is 43.3 Å². The van der Waals surface area contributed by atoms with E-state index >= 15 is 0 Å². The highest BCUT2D eigenvalue weighted by Crippen LogP contribution is 2.39. The second-order valence-corrected chi connectivity index (χ2v) is 14.1. The first-order valence-corrected chi connectivity index (χ1v) is 17.8. The van der Waals surface area contributed by atoms with Gasteiger partial charge in [-0.2, -0.15) is 0 Å². The topological polar surface area (TPSA) is 117 Å². The number of fused-ring (bicyclic) bond motifs is 1. The van der Waals surface area contributed by atoms with Gasteiger partial charge in [0, 0.05) is 40.8 Å². The van der Waals surface area contributed by atoms with Gasteiger partial charge in [-0.05, 0) is 91.8 Å². The number of thiophene rings is 1. The van der Waals surface area contributed by atoms with Crippen LogP contribution in [0, 0.1) is 0 Å². The van der Waals surface area contributed by atoms with Gasteiger partial charge in [0.2, 0.25) is 5.91 Å². The number of anilines is 3. The molecule has 1 aliphatic carbocycles. The molecule has 1 unspecified atom stereocenters. The Morgan fingerprint density at radius 1 is 0.939 bits per heavy atom. The van der Waals surface area contributed by atoms with Crippen LogP contribution in [0.25, 0.3) is 6.08 Å². The summed E-state index contributed by atoms with van der Waals surface area (Å²) < 4.78 is 5.06. The molecule has 0 saturated carbocycles. The summed E-state index contributed by atoms with van der Waals surface area (Å²) in [5.74, 6) is -1.54. The molecule has 0 aliphatic heterocycles. The van der Waals surface area contributed by atoms with Crippen molar-refractivity contribution in [2.24, 2.45) is 0 Å². The van der Waals surface area contributed by atoms with Crippen LogP contribution in [0.4, 0.5) is 16.4 Å². The summed E-state index contributed by atoms with van der Waals surface area (Å²) >= 11 is 2.83. The molecular weight excluding hydrogens is 657 g/mol. The van der Waals surface area contributed by atoms with E-state index in [1.807, 2.05) is 62.3 Å². The third kappa shape index (κ3) is 8.98. The Morgan fingerprint density at radius 3 is 2.37 bits per heavy atom. The monoisotopic (exact) mass is 696 g/mol. The first-order chi connectivity index (χ1) is 23.7. The Kier molecular flexibility index (Phi) is 11.9. The lowest BCUT2D eigenvalue weighted by Crippen LogP contribution is -2.30. The number of hydrogen-bond donors (Lipinski definition) is 3. The zero-order valence-corrected chi connectivity index (χ0v) is 29.6. The van der Waals surface area contributed by atoms with E-state index in [4.69, 9.17) is 4.74 Å². The van der Waals surface area contributed by atoms with E-state index in [-0.39, 0.29) is 11.6 Å². The number of amides is 3. The quantitative estimate of drug-likeness (QED) is 0.0803. The standard InChI is InChI=1S/C38H40N4O5S2/c1-5-31(36(45)41-37-33(38(46)47-4)29-16-9-10-17-32(29)49-37)48-28-15-11-14-26(23-28)39-35(44)30(40-34(43)25-12-7-6-8-13-25)22-24-18-20-27(21-19-24)42(2)3/h6-8,11-15,18-23,31H,5,9-10,16-17H2,1-4H3,(H,39,44)(H,40,43)(H,41,45)/b30-22+. The van der Waals surface area contributed by atoms with Crippen LogP contribution in [0.5, 0.6) is 0 Å². The number of nitrogens with one attached hydrogen (secondary N) is 3. The average molecular weight is 697 g/mol. The lowest BCUT2D eigenvalue weighted by molar-refractivity contribution is -0.116. The van der Waals surface area contributed by atoms with Crippen LogP contribution in [0.1, 0.15) is 62.9 Å². The number of ether oxygens (including phenoxy) is 1. The number of hydrogen-bond acceptors (Lipinski definition) is 8. The number of rotatable bonds is 12. The minimum Gasteiger partial charge on any atom is -0.465 e. The van der Waals surface area contributed by atoms with E-state index in [2.05, 4.69) is 16.0 Å². The van der Waals surface area contributed by atoms with Gasteiger partial charge in [-0.15, -0.1) is 23.1 Å². The number of aryl methyl sites for hydroxylation is 1. The van der Waals surface area contributed by atoms with Gasteiger partial charge in [0.1, 0.15) is 10.7 Å². The van der Waals surface area contributed by atoms with Crippen molar-refractivity contribution in [3.8, 4) is 0 Å². The van der Waals surface area contributed by atoms with E-state index < -0.39 is 23.0 Å². The van der Waals surface area contributed by atoms with Crippen molar-refractivity contribution in [2.45, 2.75) is 49.2 Å². The minimum atomic E-state index is -0.495. The van der Waals surface area contributed by atoms with Crippen LogP contribution < -0.4 is 20.9 Å². The molecule has 1 heterocycles.